The molecular weight excluding hydrogens is 1360 g/mol. The van der Waals surface area contributed by atoms with E-state index in [4.69, 9.17) is 57.1 Å². The Morgan fingerprint density at radius 2 is 1.51 bits per heavy atom. The lowest BCUT2D eigenvalue weighted by molar-refractivity contribution is -0.372. The van der Waals surface area contributed by atoms with E-state index in [1.54, 1.807) is 17.9 Å². The number of amides is 7. The standard InChI is InChI=1S/C58H92N18O22S2/c1-23-36(73-49(75-47(23)61)28(15-34(60)80)68-16-27(59)48(62)86)55(91)76(5)38(44(29-17-65-22-69-29)96-57-46(42(84)40(82)32(18-77)95-57)97-56-43(85)45(98-58(63)92)41(83)33(19-78)94-56)53(90)70-25(3)39(81)24(2)50(87)74-37(26(4)79)52(89)67-13-9-35-71-31(21-99-35)54-72-30(20-100-54)51(88)66-12-7-10-64-11-8-14-93-6/h17,20-22,24-28,32-33,37-46,50,56-57,64,68,74,77-79,81-85,87H,7-16,18-19,59H2,1-6H3,(H2,60,80)(H2,62,86)(H2,63,92)(H,65,69)(H,66,88)(H,67,89)(H,70,90)(H2,61,73,75). The molecule has 4 aromatic heterocycles. The first-order chi connectivity index (χ1) is 47.4. The minimum atomic E-state index is -2.19. The SMILES string of the molecule is COCCCNCCCNC(=O)c1csc(-c2csc(CCNC(=O)C(NC(O)C(C)C(O)C(C)NC(=O)C(C(OC3OC(CO)C(O)C(O)C3OC3OC(CO)C(O)C(OC(N)=O)C3O)c3cnc[nH]3)N(C)C(=O)c3nc(C(CC(N)=O)NCC(N)C(N)=O)nc(N)c3C)C(C)O)n2)n1. The number of aliphatic hydroxyl groups excluding tert-OH is 9. The van der Waals surface area contributed by atoms with Crippen LogP contribution in [0.1, 0.15) is 95.2 Å². The number of primary amides is 3. The van der Waals surface area contributed by atoms with Crippen LogP contribution in [0.15, 0.2) is 23.3 Å². The van der Waals surface area contributed by atoms with E-state index in [1.165, 1.54) is 50.4 Å². The molecule has 100 heavy (non-hydrogen) atoms. The Balaban J connectivity index is 1.25. The number of aromatic amines is 1. The molecule has 2 aliphatic heterocycles. The van der Waals surface area contributed by atoms with Gasteiger partial charge in [0, 0.05) is 75.5 Å². The number of likely N-dealkylation sites (N-methyl/N-ethyl adjacent to an activating group) is 1. The summed E-state index contributed by atoms with van der Waals surface area (Å²) in [4.78, 5) is 119. The van der Waals surface area contributed by atoms with Crippen LogP contribution in [0.3, 0.4) is 0 Å². The van der Waals surface area contributed by atoms with Crippen LogP contribution in [0, 0.1) is 12.8 Å². The number of imidazole rings is 1. The van der Waals surface area contributed by atoms with E-state index in [-0.39, 0.29) is 54.0 Å². The van der Waals surface area contributed by atoms with Crippen molar-refractivity contribution in [3.63, 3.8) is 0 Å². The normalized spacial score (nSPS) is 23.9. The quantitative estimate of drug-likeness (QED) is 0.0145. The third-order valence-electron chi connectivity index (χ3n) is 16.4. The molecule has 0 aromatic carbocycles. The van der Waals surface area contributed by atoms with Gasteiger partial charge in [-0.25, -0.2) is 29.7 Å². The number of carbonyl (C=O) groups excluding carboxylic acids is 7. The predicted octanol–water partition coefficient (Wildman–Crippen LogP) is -7.82. The molecule has 0 radical (unpaired) electrons. The molecule has 7 amide bonds. The zero-order chi connectivity index (χ0) is 73.8. The number of nitrogen functional groups attached to an aromatic ring is 1. The minimum absolute atomic E-state index is 0.0155. The fourth-order valence-corrected chi connectivity index (χ4v) is 12.2. The maximum Gasteiger partial charge on any atom is 0.404 e. The van der Waals surface area contributed by atoms with Crippen LogP contribution in [0.4, 0.5) is 10.6 Å². The molecule has 20 atom stereocenters. The number of thiazole rings is 2. The van der Waals surface area contributed by atoms with Gasteiger partial charge >= 0.3 is 6.09 Å². The van der Waals surface area contributed by atoms with Crippen molar-refractivity contribution in [1.82, 2.24) is 66.7 Å². The first-order valence-corrected chi connectivity index (χ1v) is 33.4. The first-order valence-electron chi connectivity index (χ1n) is 31.7. The third-order valence-corrected chi connectivity index (χ3v) is 18.1. The molecule has 0 aliphatic carbocycles. The van der Waals surface area contributed by atoms with Gasteiger partial charge in [-0.1, -0.05) is 6.92 Å². The highest BCUT2D eigenvalue weighted by Crippen LogP contribution is 2.36. The van der Waals surface area contributed by atoms with E-state index < -0.39 is 183 Å². The van der Waals surface area contributed by atoms with Gasteiger partial charge in [-0.3, -0.25) is 34.1 Å². The molecule has 558 valence electrons. The lowest BCUT2D eigenvalue weighted by atomic mass is 9.95. The fourth-order valence-electron chi connectivity index (χ4n) is 10.5. The highest BCUT2D eigenvalue weighted by molar-refractivity contribution is 7.14. The number of ether oxygens (including phenoxy) is 6. The Labute approximate surface area is 580 Å². The highest BCUT2D eigenvalue weighted by atomic mass is 32.1. The summed E-state index contributed by atoms with van der Waals surface area (Å²) in [6.07, 6.45) is -25.0. The number of rotatable bonds is 40. The van der Waals surface area contributed by atoms with Crippen molar-refractivity contribution >= 4 is 70.0 Å². The zero-order valence-corrected chi connectivity index (χ0v) is 57.2. The van der Waals surface area contributed by atoms with Crippen molar-refractivity contribution < 1.29 is 108 Å². The number of nitrogens with zero attached hydrogens (tertiary/aromatic N) is 6. The van der Waals surface area contributed by atoms with Crippen molar-refractivity contribution in [2.45, 2.75) is 170 Å². The second-order valence-corrected chi connectivity index (χ2v) is 25.6. The Kier molecular flexibility index (Phi) is 31.6. The molecule has 4 aromatic rings. The van der Waals surface area contributed by atoms with Gasteiger partial charge in [0.15, 0.2) is 18.7 Å². The van der Waals surface area contributed by atoms with E-state index in [9.17, 15) is 69.9 Å². The number of hydrogen-bond donors (Lipinski definition) is 21. The van der Waals surface area contributed by atoms with Crippen LogP contribution < -0.4 is 60.6 Å². The maximum absolute atomic E-state index is 15.5. The molecule has 2 aliphatic rings. The van der Waals surface area contributed by atoms with Crippen molar-refractivity contribution in [3.05, 3.63) is 56.8 Å². The summed E-state index contributed by atoms with van der Waals surface area (Å²) in [6.45, 7) is 5.54. The average molecular weight is 1460 g/mol. The largest absolute Gasteiger partial charge is 0.441 e. The number of nitrogens with two attached hydrogens (primary N) is 5. The molecule has 26 N–H and O–H groups in total. The van der Waals surface area contributed by atoms with Gasteiger partial charge in [0.05, 0.1) is 66.8 Å². The van der Waals surface area contributed by atoms with Crippen molar-refractivity contribution in [2.24, 2.45) is 28.9 Å². The van der Waals surface area contributed by atoms with Gasteiger partial charge in [-0.2, -0.15) is 0 Å². The van der Waals surface area contributed by atoms with Crippen molar-refractivity contribution in [1.29, 1.82) is 0 Å². The number of H-pyrrole nitrogens is 1. The number of hydrogen-bond acceptors (Lipinski definition) is 34. The molecule has 2 saturated heterocycles. The highest BCUT2D eigenvalue weighted by Gasteiger charge is 2.54. The molecule has 6 rings (SSSR count). The Morgan fingerprint density at radius 3 is 2.15 bits per heavy atom. The van der Waals surface area contributed by atoms with Crippen LogP contribution in [-0.4, -0.2) is 293 Å². The Bertz CT molecular complexity index is 3310. The second-order valence-electron chi connectivity index (χ2n) is 23.8. The summed E-state index contributed by atoms with van der Waals surface area (Å²) in [6, 6.07) is -7.62. The lowest BCUT2D eigenvalue weighted by Gasteiger charge is -2.47. The summed E-state index contributed by atoms with van der Waals surface area (Å²) in [5, 5.41) is 121. The molecule has 20 unspecified atom stereocenters. The number of methoxy groups -OCH3 is 1. The molecule has 6 heterocycles. The number of carbonyl (C=O) groups is 7. The molecule has 42 heteroatoms. The topological polar surface area (TPSA) is 643 Å². The summed E-state index contributed by atoms with van der Waals surface area (Å²) in [7, 11) is 2.73. The maximum atomic E-state index is 15.5. The van der Waals surface area contributed by atoms with E-state index in [2.05, 4.69) is 61.8 Å². The van der Waals surface area contributed by atoms with Crippen molar-refractivity contribution in [3.8, 4) is 10.7 Å². The van der Waals surface area contributed by atoms with E-state index in [0.29, 0.717) is 28.9 Å². The predicted molar refractivity (Wildman–Crippen MR) is 350 cm³/mol. The number of aromatic nitrogens is 6. The first kappa shape index (κ1) is 81.7. The number of nitrogens with one attached hydrogen (secondary N) is 7. The molecule has 2 fully saturated rings. The second kappa shape index (κ2) is 38.7. The summed E-state index contributed by atoms with van der Waals surface area (Å²) in [5.74, 6) is -7.27. The summed E-state index contributed by atoms with van der Waals surface area (Å²) < 4.78 is 34.0. The molecule has 0 bridgehead atoms. The minimum Gasteiger partial charge on any atom is -0.441 e. The van der Waals surface area contributed by atoms with Gasteiger partial charge in [0.1, 0.15) is 101 Å². The number of anilines is 1. The van der Waals surface area contributed by atoms with E-state index in [1.807, 2.05) is 0 Å². The van der Waals surface area contributed by atoms with Crippen molar-refractivity contribution in [2.75, 3.05) is 72.4 Å². The monoisotopic (exact) mass is 1460 g/mol. The van der Waals surface area contributed by atoms with Gasteiger partial charge in [0.2, 0.25) is 23.6 Å². The van der Waals surface area contributed by atoms with Gasteiger partial charge in [-0.05, 0) is 46.7 Å². The Morgan fingerprint density at radius 1 is 0.820 bits per heavy atom. The van der Waals surface area contributed by atoms with Gasteiger partial charge in [0.25, 0.3) is 11.8 Å². The van der Waals surface area contributed by atoms with E-state index >= 15 is 9.59 Å². The smallest absolute Gasteiger partial charge is 0.404 e. The van der Waals surface area contributed by atoms with Crippen LogP contribution in [0.2, 0.25) is 0 Å². The lowest BCUT2D eigenvalue weighted by Crippen LogP contribution is -2.65. The molecule has 0 saturated carbocycles. The third kappa shape index (κ3) is 21.9. The van der Waals surface area contributed by atoms with E-state index in [0.717, 1.165) is 50.4 Å². The summed E-state index contributed by atoms with van der Waals surface area (Å²) in [5.41, 5.74) is 28.3. The zero-order valence-electron chi connectivity index (χ0n) is 55.6. The number of aliphatic hydroxyl groups is 9. The molecule has 0 spiro atoms. The van der Waals surface area contributed by atoms with Crippen LogP contribution in [0.25, 0.3) is 10.7 Å². The van der Waals surface area contributed by atoms with Gasteiger partial charge < -0.3 is 140 Å². The van der Waals surface area contributed by atoms with Crippen LogP contribution in [-0.2, 0) is 54.0 Å². The van der Waals surface area contributed by atoms with Gasteiger partial charge in [-0.15, -0.1) is 22.7 Å². The average Bonchev–Trinajstić information content (AvgIpc) is 0.956. The fraction of sp³-hybridized carbons (Fsp3) is 0.655. The van der Waals surface area contributed by atoms with Crippen LogP contribution >= 0.6 is 22.7 Å². The summed E-state index contributed by atoms with van der Waals surface area (Å²) >= 11 is 2.53. The molecule has 40 nitrogen and oxygen atoms in total. The Hall–Kier alpha value is -7.28. The molecular formula is C58H92N18O22S2. The van der Waals surface area contributed by atoms with Crippen LogP contribution in [0.5, 0.6) is 0 Å².